The number of esters is 1. The highest BCUT2D eigenvalue weighted by molar-refractivity contribution is 7.00. The molecule has 0 bridgehead atoms. The smallest absolute Gasteiger partial charge is 0.321 e. The second kappa shape index (κ2) is 16.7. The lowest BCUT2D eigenvalue weighted by Crippen LogP contribution is -2.25. The van der Waals surface area contributed by atoms with Gasteiger partial charge >= 0.3 is 5.97 Å². The van der Waals surface area contributed by atoms with Gasteiger partial charge in [0.25, 0.3) is 0 Å². The number of hydrogen-bond donors (Lipinski definition) is 0. The van der Waals surface area contributed by atoms with Crippen molar-refractivity contribution < 1.29 is 18.9 Å². The first-order valence-corrected chi connectivity index (χ1v) is 12.3. The molecule has 6 heteroatoms. The molecule has 4 nitrogen and oxygen atoms in total. The third-order valence-corrected chi connectivity index (χ3v) is 5.66. The van der Waals surface area contributed by atoms with Crippen LogP contribution >= 0.6 is 20.7 Å². The SMILES string of the molecule is CCCCCCCCCCOC(=O)C(C(=O)c1c(C)cccc1Cl)c1ccccc1.O=[PH3]. The number of unbranched alkanes of at least 4 members (excludes halogenated alkanes) is 7. The fourth-order valence-electron chi connectivity index (χ4n) is 3.62. The first kappa shape index (κ1) is 28.1. The maximum Gasteiger partial charge on any atom is 0.321 e. The second-order valence-corrected chi connectivity index (χ2v) is 8.19. The van der Waals surface area contributed by atoms with E-state index in [2.05, 4.69) is 6.92 Å². The van der Waals surface area contributed by atoms with E-state index in [1.807, 2.05) is 31.2 Å². The van der Waals surface area contributed by atoms with Crippen LogP contribution in [0.5, 0.6) is 0 Å². The molecule has 0 aliphatic heterocycles. The summed E-state index contributed by atoms with van der Waals surface area (Å²) in [6, 6.07) is 14.4. The zero-order valence-corrected chi connectivity index (χ0v) is 21.4. The molecule has 0 aliphatic carbocycles. The number of ether oxygens (including phenoxy) is 1. The van der Waals surface area contributed by atoms with E-state index in [-0.39, 0.29) is 5.78 Å². The topological polar surface area (TPSA) is 60.4 Å². The number of aryl methyl sites for hydroxylation is 1. The minimum Gasteiger partial charge on any atom is -0.465 e. The van der Waals surface area contributed by atoms with Crippen molar-refractivity contribution in [3.8, 4) is 0 Å². The highest BCUT2D eigenvalue weighted by Crippen LogP contribution is 2.29. The number of hydrogen-bond acceptors (Lipinski definition) is 4. The fraction of sp³-hybridized carbons (Fsp3) is 0.462. The van der Waals surface area contributed by atoms with E-state index in [1.165, 1.54) is 32.1 Å². The number of carbonyl (C=O) groups excluding carboxylic acids is 2. The third kappa shape index (κ3) is 9.30. The van der Waals surface area contributed by atoms with Crippen LogP contribution in [-0.2, 0) is 14.1 Å². The van der Waals surface area contributed by atoms with Gasteiger partial charge in [0.15, 0.2) is 5.78 Å². The lowest BCUT2D eigenvalue weighted by Gasteiger charge is -2.17. The van der Waals surface area contributed by atoms with Crippen molar-refractivity contribution in [3.63, 3.8) is 0 Å². The molecule has 2 aromatic carbocycles. The van der Waals surface area contributed by atoms with Gasteiger partial charge < -0.3 is 9.30 Å². The van der Waals surface area contributed by atoms with E-state index in [4.69, 9.17) is 20.9 Å². The van der Waals surface area contributed by atoms with Crippen molar-refractivity contribution in [2.45, 2.75) is 71.1 Å². The van der Waals surface area contributed by atoms with Crippen molar-refractivity contribution in [2.75, 3.05) is 6.61 Å². The molecule has 0 radical (unpaired) electrons. The summed E-state index contributed by atoms with van der Waals surface area (Å²) in [6.07, 6.45) is 9.37. The Bertz CT molecular complexity index is 806. The Hall–Kier alpha value is -1.90. The summed E-state index contributed by atoms with van der Waals surface area (Å²) in [5.41, 5.74) is 1.77. The largest absolute Gasteiger partial charge is 0.465 e. The van der Waals surface area contributed by atoms with Crippen molar-refractivity contribution >= 4 is 32.5 Å². The van der Waals surface area contributed by atoms with Crippen LogP contribution in [0.15, 0.2) is 48.5 Å². The Kier molecular flexibility index (Phi) is 14.7. The molecule has 32 heavy (non-hydrogen) atoms. The molecule has 0 fully saturated rings. The van der Waals surface area contributed by atoms with Gasteiger partial charge in [0.05, 0.1) is 20.7 Å². The average Bonchev–Trinajstić information content (AvgIpc) is 2.80. The molecule has 0 N–H and O–H groups in total. The zero-order chi connectivity index (χ0) is 23.8. The fourth-order valence-corrected chi connectivity index (χ4v) is 3.94. The molecule has 0 amide bonds. The number of Topliss-reactive ketones (excluding diaryl/α,β-unsaturated/α-hetero) is 1. The Balaban J connectivity index is 0.00000249. The quantitative estimate of drug-likeness (QED) is 0.100. The second-order valence-electron chi connectivity index (χ2n) is 7.78. The lowest BCUT2D eigenvalue weighted by molar-refractivity contribution is -0.144. The molecule has 2 aromatic rings. The van der Waals surface area contributed by atoms with E-state index in [0.717, 1.165) is 24.8 Å². The Morgan fingerprint density at radius 3 is 2.06 bits per heavy atom. The van der Waals surface area contributed by atoms with E-state index in [0.29, 0.717) is 31.9 Å². The minimum atomic E-state index is -1.00. The maximum absolute atomic E-state index is 13.3. The standard InChI is InChI=1S/C26H33ClO3.H3OP/c1-3-4-5-6-7-8-9-13-19-30-26(29)24(21-16-11-10-12-17-21)25(28)23-20(2)15-14-18-22(23)27;1-2/h10-12,14-18,24H,3-9,13,19H2,1-2H3;2H3. The van der Waals surface area contributed by atoms with Crippen LogP contribution in [0.3, 0.4) is 0 Å². The van der Waals surface area contributed by atoms with Crippen LogP contribution in [0.4, 0.5) is 0 Å². The van der Waals surface area contributed by atoms with Gasteiger partial charge in [0, 0.05) is 5.56 Å². The minimum absolute atomic E-state index is 0.315. The molecule has 0 spiro atoms. The number of carbonyl (C=O) groups is 2. The Labute approximate surface area is 199 Å². The average molecular weight is 479 g/mol. The van der Waals surface area contributed by atoms with Gasteiger partial charge in [0.2, 0.25) is 0 Å². The Morgan fingerprint density at radius 1 is 0.875 bits per heavy atom. The number of benzene rings is 2. The maximum atomic E-state index is 13.3. The first-order valence-electron chi connectivity index (χ1n) is 11.4. The van der Waals surface area contributed by atoms with Gasteiger partial charge in [-0.25, -0.2) is 0 Å². The highest BCUT2D eigenvalue weighted by atomic mass is 35.5. The molecule has 2 atom stereocenters. The summed E-state index contributed by atoms with van der Waals surface area (Å²) >= 11 is 6.29. The van der Waals surface area contributed by atoms with Crippen molar-refractivity contribution in [3.05, 3.63) is 70.2 Å². The summed E-state index contributed by atoms with van der Waals surface area (Å²) in [4.78, 5) is 26.2. The van der Waals surface area contributed by atoms with Gasteiger partial charge in [-0.3, -0.25) is 9.59 Å². The molecular weight excluding hydrogens is 443 g/mol. The number of ketones is 1. The van der Waals surface area contributed by atoms with E-state index < -0.39 is 11.9 Å². The third-order valence-electron chi connectivity index (χ3n) is 5.34. The summed E-state index contributed by atoms with van der Waals surface area (Å²) < 4.78 is 13.8. The van der Waals surface area contributed by atoms with Gasteiger partial charge in [-0.05, 0) is 30.5 Å². The van der Waals surface area contributed by atoms with Crippen LogP contribution in [0.25, 0.3) is 0 Å². The summed E-state index contributed by atoms with van der Waals surface area (Å²) in [5.74, 6) is -1.82. The summed E-state index contributed by atoms with van der Waals surface area (Å²) in [6.45, 7) is 4.38. The lowest BCUT2D eigenvalue weighted by atomic mass is 9.89. The van der Waals surface area contributed by atoms with Crippen molar-refractivity contribution in [1.29, 1.82) is 0 Å². The predicted octanol–water partition coefficient (Wildman–Crippen LogP) is 7.24. The van der Waals surface area contributed by atoms with Crippen LogP contribution in [0, 0.1) is 6.92 Å². The molecule has 0 heterocycles. The molecule has 0 aliphatic rings. The molecule has 0 saturated carbocycles. The molecule has 2 unspecified atom stereocenters. The summed E-state index contributed by atoms with van der Waals surface area (Å²) in [5, 5.41) is 0.358. The zero-order valence-electron chi connectivity index (χ0n) is 19.3. The van der Waals surface area contributed by atoms with Gasteiger partial charge in [-0.2, -0.15) is 0 Å². The van der Waals surface area contributed by atoms with Gasteiger partial charge in [0.1, 0.15) is 5.92 Å². The van der Waals surface area contributed by atoms with Crippen LogP contribution in [0.1, 0.15) is 85.7 Å². The molecule has 2 rings (SSSR count). The van der Waals surface area contributed by atoms with E-state index in [9.17, 15) is 9.59 Å². The van der Waals surface area contributed by atoms with Crippen molar-refractivity contribution in [2.24, 2.45) is 0 Å². The van der Waals surface area contributed by atoms with Crippen molar-refractivity contribution in [1.82, 2.24) is 0 Å². The van der Waals surface area contributed by atoms with Crippen LogP contribution in [-0.4, -0.2) is 18.4 Å². The van der Waals surface area contributed by atoms with E-state index in [1.54, 1.807) is 24.3 Å². The van der Waals surface area contributed by atoms with Crippen LogP contribution in [0.2, 0.25) is 5.02 Å². The first-order chi connectivity index (χ1) is 15.6. The monoisotopic (exact) mass is 478 g/mol. The molecule has 0 saturated heterocycles. The van der Waals surface area contributed by atoms with Gasteiger partial charge in [-0.1, -0.05) is 106 Å². The van der Waals surface area contributed by atoms with E-state index >= 15 is 0 Å². The Morgan fingerprint density at radius 2 is 1.47 bits per heavy atom. The molecular formula is C26H36ClO4P. The van der Waals surface area contributed by atoms with Gasteiger partial charge in [-0.15, -0.1) is 0 Å². The predicted molar refractivity (Wildman–Crippen MR) is 135 cm³/mol. The summed E-state index contributed by atoms with van der Waals surface area (Å²) in [7, 11) is 0.611. The number of rotatable bonds is 13. The molecule has 0 aromatic heterocycles. The molecule has 176 valence electrons. The normalized spacial score (nSPS) is 11.3. The number of halogens is 1. The highest BCUT2D eigenvalue weighted by Gasteiger charge is 2.32. The van der Waals surface area contributed by atoms with Crippen LogP contribution < -0.4 is 0 Å².